The van der Waals surface area contributed by atoms with Gasteiger partial charge in [-0.1, -0.05) is 5.16 Å². The summed E-state index contributed by atoms with van der Waals surface area (Å²) in [6.07, 6.45) is 3.14. The standard InChI is InChI=1S/C8H10N2O/c1-6-3-4-9-7(2)8(6)5-10-11/h3-5,11H,1-2H3. The van der Waals surface area contributed by atoms with Crippen LogP contribution in [0.1, 0.15) is 16.8 Å². The molecular formula is C8H10N2O. The van der Waals surface area contributed by atoms with Crippen LogP contribution in [-0.2, 0) is 0 Å². The van der Waals surface area contributed by atoms with Crippen LogP contribution in [0, 0.1) is 13.8 Å². The van der Waals surface area contributed by atoms with Gasteiger partial charge in [0.15, 0.2) is 0 Å². The van der Waals surface area contributed by atoms with Crippen molar-refractivity contribution in [3.8, 4) is 0 Å². The van der Waals surface area contributed by atoms with Gasteiger partial charge >= 0.3 is 0 Å². The van der Waals surface area contributed by atoms with Crippen LogP contribution >= 0.6 is 0 Å². The van der Waals surface area contributed by atoms with Crippen LogP contribution in [0.3, 0.4) is 0 Å². The smallest absolute Gasteiger partial charge is 0.0754 e. The van der Waals surface area contributed by atoms with Crippen LogP contribution < -0.4 is 0 Å². The maximum absolute atomic E-state index is 8.31. The number of hydrogen-bond donors (Lipinski definition) is 1. The summed E-state index contributed by atoms with van der Waals surface area (Å²) in [4.78, 5) is 4.06. The van der Waals surface area contributed by atoms with Crippen molar-refractivity contribution in [2.75, 3.05) is 0 Å². The number of pyridine rings is 1. The van der Waals surface area contributed by atoms with E-state index in [4.69, 9.17) is 5.21 Å². The quantitative estimate of drug-likeness (QED) is 0.374. The van der Waals surface area contributed by atoms with Gasteiger partial charge in [0.2, 0.25) is 0 Å². The van der Waals surface area contributed by atoms with E-state index in [1.807, 2.05) is 19.9 Å². The summed E-state index contributed by atoms with van der Waals surface area (Å²) in [6.45, 7) is 3.83. The van der Waals surface area contributed by atoms with E-state index in [0.29, 0.717) is 0 Å². The van der Waals surface area contributed by atoms with Gasteiger partial charge in [-0.05, 0) is 25.5 Å². The molecular weight excluding hydrogens is 140 g/mol. The van der Waals surface area contributed by atoms with Crippen LogP contribution in [0.5, 0.6) is 0 Å². The SMILES string of the molecule is Cc1ccnc(C)c1C=NO. The van der Waals surface area contributed by atoms with E-state index in [1.54, 1.807) is 6.20 Å². The lowest BCUT2D eigenvalue weighted by atomic mass is 10.1. The molecule has 0 amide bonds. The molecule has 0 aliphatic rings. The largest absolute Gasteiger partial charge is 0.411 e. The fourth-order valence-electron chi connectivity index (χ4n) is 0.959. The topological polar surface area (TPSA) is 45.5 Å². The lowest BCUT2D eigenvalue weighted by Crippen LogP contribution is -1.94. The fourth-order valence-corrected chi connectivity index (χ4v) is 0.959. The zero-order valence-electron chi connectivity index (χ0n) is 6.57. The number of nitrogens with zero attached hydrogens (tertiary/aromatic N) is 2. The van der Waals surface area contributed by atoms with Crippen LogP contribution in [0.25, 0.3) is 0 Å². The van der Waals surface area contributed by atoms with Crippen molar-refractivity contribution < 1.29 is 5.21 Å². The van der Waals surface area contributed by atoms with Crippen LogP contribution in [0.2, 0.25) is 0 Å². The maximum atomic E-state index is 8.31. The first kappa shape index (κ1) is 7.72. The molecule has 1 aromatic rings. The van der Waals surface area contributed by atoms with Crippen molar-refractivity contribution in [1.29, 1.82) is 0 Å². The van der Waals surface area contributed by atoms with Crippen LogP contribution in [0.4, 0.5) is 0 Å². The van der Waals surface area contributed by atoms with Crippen molar-refractivity contribution in [1.82, 2.24) is 4.98 Å². The average Bonchev–Trinajstić information content (AvgIpc) is 1.97. The Bertz CT molecular complexity index is 261. The molecule has 0 radical (unpaired) electrons. The summed E-state index contributed by atoms with van der Waals surface area (Å²) in [5.74, 6) is 0. The molecule has 0 fully saturated rings. The first-order valence-corrected chi connectivity index (χ1v) is 3.35. The van der Waals surface area contributed by atoms with E-state index in [0.717, 1.165) is 16.8 Å². The minimum Gasteiger partial charge on any atom is -0.411 e. The Morgan fingerprint density at radius 1 is 1.55 bits per heavy atom. The number of rotatable bonds is 1. The molecule has 0 bridgehead atoms. The summed E-state index contributed by atoms with van der Waals surface area (Å²) >= 11 is 0. The van der Waals surface area contributed by atoms with E-state index in [-0.39, 0.29) is 0 Å². The Morgan fingerprint density at radius 3 is 2.82 bits per heavy atom. The second-order valence-electron chi connectivity index (χ2n) is 2.37. The normalized spacial score (nSPS) is 10.7. The zero-order chi connectivity index (χ0) is 8.27. The predicted molar refractivity (Wildman–Crippen MR) is 43.1 cm³/mol. The van der Waals surface area contributed by atoms with Gasteiger partial charge < -0.3 is 5.21 Å². The van der Waals surface area contributed by atoms with Gasteiger partial charge in [-0.2, -0.15) is 0 Å². The van der Waals surface area contributed by atoms with Gasteiger partial charge in [0, 0.05) is 17.5 Å². The van der Waals surface area contributed by atoms with Gasteiger partial charge in [0.05, 0.1) is 6.21 Å². The van der Waals surface area contributed by atoms with E-state index >= 15 is 0 Å². The second-order valence-corrected chi connectivity index (χ2v) is 2.37. The monoisotopic (exact) mass is 150 g/mol. The molecule has 11 heavy (non-hydrogen) atoms. The first-order valence-electron chi connectivity index (χ1n) is 3.35. The third-order valence-corrected chi connectivity index (χ3v) is 1.59. The molecule has 3 nitrogen and oxygen atoms in total. The molecule has 1 N–H and O–H groups in total. The average molecular weight is 150 g/mol. The highest BCUT2D eigenvalue weighted by molar-refractivity contribution is 5.82. The lowest BCUT2D eigenvalue weighted by Gasteiger charge is -2.00. The third kappa shape index (κ3) is 1.55. The summed E-state index contributed by atoms with van der Waals surface area (Å²) < 4.78 is 0. The van der Waals surface area contributed by atoms with Crippen molar-refractivity contribution in [2.45, 2.75) is 13.8 Å². The molecule has 0 spiro atoms. The first-order chi connectivity index (χ1) is 5.25. The molecule has 0 aliphatic heterocycles. The Hall–Kier alpha value is -1.38. The predicted octanol–water partition coefficient (Wildman–Crippen LogP) is 1.51. The second kappa shape index (κ2) is 3.14. The van der Waals surface area contributed by atoms with Gasteiger partial charge in [-0.15, -0.1) is 0 Å². The molecule has 0 aromatic carbocycles. The van der Waals surface area contributed by atoms with Crippen LogP contribution in [-0.4, -0.2) is 16.4 Å². The molecule has 0 saturated heterocycles. The lowest BCUT2D eigenvalue weighted by molar-refractivity contribution is 0.322. The zero-order valence-corrected chi connectivity index (χ0v) is 6.57. The van der Waals surface area contributed by atoms with Crippen LogP contribution in [0.15, 0.2) is 17.4 Å². The highest BCUT2D eigenvalue weighted by Crippen LogP contribution is 2.06. The molecule has 58 valence electrons. The van der Waals surface area contributed by atoms with Gasteiger partial charge in [0.25, 0.3) is 0 Å². The molecule has 1 rings (SSSR count). The summed E-state index contributed by atoms with van der Waals surface area (Å²) in [5, 5.41) is 11.3. The number of oxime groups is 1. The molecule has 0 atom stereocenters. The van der Waals surface area contributed by atoms with Gasteiger partial charge in [-0.25, -0.2) is 0 Å². The Labute approximate surface area is 65.4 Å². The fraction of sp³-hybridized carbons (Fsp3) is 0.250. The Balaban J connectivity index is 3.20. The highest BCUT2D eigenvalue weighted by atomic mass is 16.4. The minimum atomic E-state index is 0.878. The Morgan fingerprint density at radius 2 is 2.27 bits per heavy atom. The van der Waals surface area contributed by atoms with Crippen molar-refractivity contribution in [2.24, 2.45) is 5.16 Å². The minimum absolute atomic E-state index is 0.878. The van der Waals surface area contributed by atoms with E-state index in [2.05, 4.69) is 10.1 Å². The van der Waals surface area contributed by atoms with Crippen molar-refractivity contribution >= 4 is 6.21 Å². The van der Waals surface area contributed by atoms with Crippen molar-refractivity contribution in [3.05, 3.63) is 29.1 Å². The van der Waals surface area contributed by atoms with Crippen molar-refractivity contribution in [3.63, 3.8) is 0 Å². The van der Waals surface area contributed by atoms with E-state index in [1.165, 1.54) is 6.21 Å². The maximum Gasteiger partial charge on any atom is 0.0754 e. The summed E-state index contributed by atoms with van der Waals surface area (Å²) in [6, 6.07) is 1.88. The van der Waals surface area contributed by atoms with E-state index in [9.17, 15) is 0 Å². The van der Waals surface area contributed by atoms with E-state index < -0.39 is 0 Å². The summed E-state index contributed by atoms with van der Waals surface area (Å²) in [5.41, 5.74) is 2.83. The molecule has 0 unspecified atom stereocenters. The number of aromatic nitrogens is 1. The Kier molecular flexibility index (Phi) is 2.21. The molecule has 1 aromatic heterocycles. The number of hydrogen-bond acceptors (Lipinski definition) is 3. The molecule has 0 saturated carbocycles. The molecule has 3 heteroatoms. The highest BCUT2D eigenvalue weighted by Gasteiger charge is 1.98. The summed E-state index contributed by atoms with van der Waals surface area (Å²) in [7, 11) is 0. The number of aryl methyl sites for hydroxylation is 2. The molecule has 1 heterocycles. The van der Waals surface area contributed by atoms with Gasteiger partial charge in [0.1, 0.15) is 0 Å². The van der Waals surface area contributed by atoms with Gasteiger partial charge in [-0.3, -0.25) is 4.98 Å². The molecule has 0 aliphatic carbocycles. The third-order valence-electron chi connectivity index (χ3n) is 1.59.